The summed E-state index contributed by atoms with van der Waals surface area (Å²) in [6, 6.07) is 6.77. The lowest BCUT2D eigenvalue weighted by molar-refractivity contribution is 0.177. The summed E-state index contributed by atoms with van der Waals surface area (Å²) >= 11 is 5.79. The molecule has 1 aromatic carbocycles. The lowest BCUT2D eigenvalue weighted by Gasteiger charge is -2.17. The highest BCUT2D eigenvalue weighted by Gasteiger charge is 2.07. The molecule has 0 aliphatic carbocycles. The first-order chi connectivity index (χ1) is 9.47. The molecule has 0 fully saturated rings. The minimum atomic E-state index is -0.412. The molecule has 2 amide bonds. The molecule has 5 nitrogen and oxygen atoms in total. The fourth-order valence-corrected chi connectivity index (χ4v) is 1.71. The van der Waals surface area contributed by atoms with Crippen LogP contribution < -0.4 is 15.4 Å². The van der Waals surface area contributed by atoms with E-state index in [4.69, 9.17) is 16.3 Å². The summed E-state index contributed by atoms with van der Waals surface area (Å²) in [4.78, 5) is 13.7. The summed E-state index contributed by atoms with van der Waals surface area (Å²) in [7, 11) is 4.00. The first kappa shape index (κ1) is 16.6. The maximum atomic E-state index is 11.6. The molecule has 0 spiro atoms. The van der Waals surface area contributed by atoms with Crippen LogP contribution >= 0.6 is 11.6 Å². The Kier molecular flexibility index (Phi) is 7.18. The molecule has 20 heavy (non-hydrogen) atoms. The van der Waals surface area contributed by atoms with E-state index < -0.39 is 6.23 Å². The van der Waals surface area contributed by atoms with Crippen molar-refractivity contribution in [2.45, 2.75) is 19.6 Å². The van der Waals surface area contributed by atoms with Crippen molar-refractivity contribution in [2.24, 2.45) is 0 Å². The van der Waals surface area contributed by atoms with Gasteiger partial charge >= 0.3 is 6.03 Å². The summed E-state index contributed by atoms with van der Waals surface area (Å²) in [6.07, 6.45) is 0.498. The van der Waals surface area contributed by atoms with Crippen LogP contribution in [-0.2, 0) is 0 Å². The van der Waals surface area contributed by atoms with Gasteiger partial charge in [-0.05, 0) is 58.3 Å². The topological polar surface area (TPSA) is 53.6 Å². The predicted molar refractivity (Wildman–Crippen MR) is 81.2 cm³/mol. The van der Waals surface area contributed by atoms with Crippen LogP contribution in [0.4, 0.5) is 4.79 Å². The van der Waals surface area contributed by atoms with Crippen molar-refractivity contribution in [1.29, 1.82) is 0 Å². The van der Waals surface area contributed by atoms with Crippen molar-refractivity contribution in [3.05, 3.63) is 29.3 Å². The normalized spacial score (nSPS) is 12.1. The number of carbonyl (C=O) groups is 1. The highest BCUT2D eigenvalue weighted by Crippen LogP contribution is 2.16. The number of amides is 2. The largest absolute Gasteiger partial charge is 0.471 e. The maximum Gasteiger partial charge on any atom is 0.317 e. The van der Waals surface area contributed by atoms with Crippen molar-refractivity contribution >= 4 is 17.6 Å². The van der Waals surface area contributed by atoms with Gasteiger partial charge in [0, 0.05) is 11.6 Å². The molecule has 0 saturated heterocycles. The Morgan fingerprint density at radius 1 is 1.35 bits per heavy atom. The number of benzene rings is 1. The third-order valence-corrected chi connectivity index (χ3v) is 2.78. The molecule has 0 saturated carbocycles. The van der Waals surface area contributed by atoms with Crippen molar-refractivity contribution in [2.75, 3.05) is 27.2 Å². The molecule has 2 N–H and O–H groups in total. The second kappa shape index (κ2) is 8.66. The van der Waals surface area contributed by atoms with Crippen LogP contribution in [0.1, 0.15) is 13.3 Å². The van der Waals surface area contributed by atoms with Crippen LogP contribution in [0.15, 0.2) is 24.3 Å². The second-order valence-corrected chi connectivity index (χ2v) is 5.21. The first-order valence-corrected chi connectivity index (χ1v) is 6.96. The highest BCUT2D eigenvalue weighted by molar-refractivity contribution is 6.30. The van der Waals surface area contributed by atoms with E-state index in [0.29, 0.717) is 17.3 Å². The quantitative estimate of drug-likeness (QED) is 0.600. The number of ether oxygens (including phenoxy) is 1. The smallest absolute Gasteiger partial charge is 0.317 e. The summed E-state index contributed by atoms with van der Waals surface area (Å²) in [5.41, 5.74) is 0. The average Bonchev–Trinajstić information content (AvgIpc) is 2.37. The monoisotopic (exact) mass is 299 g/mol. The van der Waals surface area contributed by atoms with Crippen LogP contribution in [0.3, 0.4) is 0 Å². The predicted octanol–water partition coefficient (Wildman–Crippen LogP) is 2.32. The van der Waals surface area contributed by atoms with Gasteiger partial charge in [-0.25, -0.2) is 4.79 Å². The third kappa shape index (κ3) is 7.21. The Hall–Kier alpha value is -1.46. The zero-order valence-electron chi connectivity index (χ0n) is 12.1. The molecule has 0 aliphatic heterocycles. The van der Waals surface area contributed by atoms with E-state index in [1.807, 2.05) is 14.1 Å². The molecule has 1 atom stereocenters. The second-order valence-electron chi connectivity index (χ2n) is 4.77. The summed E-state index contributed by atoms with van der Waals surface area (Å²) in [6.45, 7) is 3.35. The lowest BCUT2D eigenvalue weighted by atomic mass is 10.3. The molecule has 0 aliphatic rings. The van der Waals surface area contributed by atoms with E-state index in [0.717, 1.165) is 13.0 Å². The van der Waals surface area contributed by atoms with Crippen molar-refractivity contribution in [3.8, 4) is 5.75 Å². The standard InChI is InChI=1S/C14H22ClN3O2/c1-11(20-13-7-5-12(15)6-8-13)17-14(19)16-9-4-10-18(2)3/h5-8,11H,4,9-10H2,1-3H3,(H2,16,17,19). The zero-order chi connectivity index (χ0) is 15.0. The van der Waals surface area contributed by atoms with Crippen LogP contribution in [-0.4, -0.2) is 44.3 Å². The number of hydrogen-bond donors (Lipinski definition) is 2. The fourth-order valence-electron chi connectivity index (χ4n) is 1.58. The van der Waals surface area contributed by atoms with Gasteiger partial charge in [-0.1, -0.05) is 11.6 Å². The van der Waals surface area contributed by atoms with Gasteiger partial charge in [-0.15, -0.1) is 0 Å². The molecular formula is C14H22ClN3O2. The van der Waals surface area contributed by atoms with Crippen LogP contribution in [0.5, 0.6) is 5.75 Å². The molecule has 6 heteroatoms. The minimum absolute atomic E-state index is 0.231. The number of urea groups is 1. The summed E-state index contributed by atoms with van der Waals surface area (Å²) < 4.78 is 5.55. The number of nitrogens with zero attached hydrogens (tertiary/aromatic N) is 1. The Bertz CT molecular complexity index is 409. The lowest BCUT2D eigenvalue weighted by Crippen LogP contribution is -2.43. The minimum Gasteiger partial charge on any atom is -0.471 e. The Labute approximate surface area is 125 Å². The molecule has 112 valence electrons. The molecule has 0 bridgehead atoms. The Morgan fingerprint density at radius 2 is 2.00 bits per heavy atom. The number of hydrogen-bond acceptors (Lipinski definition) is 3. The van der Waals surface area contributed by atoms with Crippen LogP contribution in [0, 0.1) is 0 Å². The van der Waals surface area contributed by atoms with Gasteiger partial charge < -0.3 is 20.3 Å². The SMILES string of the molecule is CC(NC(=O)NCCCN(C)C)Oc1ccc(Cl)cc1. The summed E-state index contributed by atoms with van der Waals surface area (Å²) in [5.74, 6) is 0.662. The van der Waals surface area contributed by atoms with Crippen LogP contribution in [0.25, 0.3) is 0 Å². The van der Waals surface area contributed by atoms with Gasteiger partial charge in [-0.3, -0.25) is 0 Å². The van der Waals surface area contributed by atoms with Gasteiger partial charge in [0.1, 0.15) is 5.75 Å². The van der Waals surface area contributed by atoms with Crippen molar-refractivity contribution in [1.82, 2.24) is 15.5 Å². The van der Waals surface area contributed by atoms with Gasteiger partial charge in [-0.2, -0.15) is 0 Å². The van der Waals surface area contributed by atoms with Gasteiger partial charge in [0.05, 0.1) is 0 Å². The Balaban J connectivity index is 2.22. The van der Waals surface area contributed by atoms with E-state index in [1.165, 1.54) is 0 Å². The van der Waals surface area contributed by atoms with E-state index >= 15 is 0 Å². The van der Waals surface area contributed by atoms with Gasteiger partial charge in [0.15, 0.2) is 6.23 Å². The molecule has 0 heterocycles. The van der Waals surface area contributed by atoms with E-state index in [-0.39, 0.29) is 6.03 Å². The molecule has 0 aromatic heterocycles. The van der Waals surface area contributed by atoms with Gasteiger partial charge in [0.25, 0.3) is 0 Å². The molecular weight excluding hydrogens is 278 g/mol. The maximum absolute atomic E-state index is 11.6. The Morgan fingerprint density at radius 3 is 2.60 bits per heavy atom. The molecule has 0 radical (unpaired) electrons. The van der Waals surface area contributed by atoms with Crippen molar-refractivity contribution < 1.29 is 9.53 Å². The first-order valence-electron chi connectivity index (χ1n) is 6.58. The van der Waals surface area contributed by atoms with Crippen molar-refractivity contribution in [3.63, 3.8) is 0 Å². The highest BCUT2D eigenvalue weighted by atomic mass is 35.5. The third-order valence-electron chi connectivity index (χ3n) is 2.53. The van der Waals surface area contributed by atoms with E-state index in [2.05, 4.69) is 15.5 Å². The fraction of sp³-hybridized carbons (Fsp3) is 0.500. The molecule has 1 unspecified atom stereocenters. The molecule has 1 rings (SSSR count). The number of nitrogens with one attached hydrogen (secondary N) is 2. The number of carbonyl (C=O) groups excluding carboxylic acids is 1. The zero-order valence-corrected chi connectivity index (χ0v) is 12.9. The van der Waals surface area contributed by atoms with E-state index in [1.54, 1.807) is 31.2 Å². The average molecular weight is 300 g/mol. The number of halogens is 1. The molecule has 1 aromatic rings. The van der Waals surface area contributed by atoms with Crippen LogP contribution in [0.2, 0.25) is 5.02 Å². The van der Waals surface area contributed by atoms with E-state index in [9.17, 15) is 4.79 Å². The number of rotatable bonds is 7. The van der Waals surface area contributed by atoms with Gasteiger partial charge in [0.2, 0.25) is 0 Å². The summed E-state index contributed by atoms with van der Waals surface area (Å²) in [5, 5.41) is 6.15.